The number of carbonyl (C=O) groups excluding carboxylic acids is 1. The number of benzene rings is 1. The molecule has 1 aromatic carbocycles. The van der Waals surface area contributed by atoms with Gasteiger partial charge in [0.15, 0.2) is 0 Å². The summed E-state index contributed by atoms with van der Waals surface area (Å²) in [6, 6.07) is 5.44. The zero-order valence-electron chi connectivity index (χ0n) is 11.3. The van der Waals surface area contributed by atoms with E-state index in [2.05, 4.69) is 10.6 Å². The van der Waals surface area contributed by atoms with Gasteiger partial charge < -0.3 is 20.5 Å². The number of hydrogen-bond acceptors (Lipinski definition) is 4. The highest BCUT2D eigenvalue weighted by Gasteiger charge is 2.27. The van der Waals surface area contributed by atoms with E-state index in [9.17, 15) is 9.59 Å². The summed E-state index contributed by atoms with van der Waals surface area (Å²) in [5, 5.41) is 14.6. The average Bonchev–Trinajstić information content (AvgIpc) is 2.81. The smallest absolute Gasteiger partial charge is 0.412 e. The first-order valence-corrected chi connectivity index (χ1v) is 6.66. The highest BCUT2D eigenvalue weighted by atomic mass is 16.6. The average molecular weight is 278 g/mol. The number of anilines is 1. The summed E-state index contributed by atoms with van der Waals surface area (Å²) in [4.78, 5) is 22.2. The molecular weight excluding hydrogens is 260 g/mol. The Bertz CT molecular complexity index is 516. The number of fused-ring (bicyclic) bond motifs is 1. The number of aliphatic carboxylic acids is 1. The Morgan fingerprint density at radius 1 is 1.50 bits per heavy atom. The van der Waals surface area contributed by atoms with Crippen LogP contribution in [0.15, 0.2) is 18.2 Å². The summed E-state index contributed by atoms with van der Waals surface area (Å²) in [5.74, 6) is -0.277. The standard InChI is InChI=1S/C14H18N2O4/c1-2-15-14(19)20-11-5-3-4-10-13(11)9(8-16-10)6-7-12(17)18/h3-5,9,16H,2,6-8H2,1H3,(H,15,19)(H,17,18). The van der Waals surface area contributed by atoms with Crippen LogP contribution in [0.2, 0.25) is 0 Å². The van der Waals surface area contributed by atoms with Crippen LogP contribution >= 0.6 is 0 Å². The second-order valence-electron chi connectivity index (χ2n) is 4.65. The van der Waals surface area contributed by atoms with Gasteiger partial charge in [-0.25, -0.2) is 4.79 Å². The first-order valence-electron chi connectivity index (χ1n) is 6.66. The zero-order chi connectivity index (χ0) is 14.5. The lowest BCUT2D eigenvalue weighted by Crippen LogP contribution is -2.26. The molecule has 0 spiro atoms. The maximum Gasteiger partial charge on any atom is 0.412 e. The van der Waals surface area contributed by atoms with Crippen molar-refractivity contribution in [1.29, 1.82) is 0 Å². The summed E-state index contributed by atoms with van der Waals surface area (Å²) in [7, 11) is 0. The highest BCUT2D eigenvalue weighted by molar-refractivity contribution is 5.73. The fourth-order valence-electron chi connectivity index (χ4n) is 2.37. The molecule has 0 saturated carbocycles. The van der Waals surface area contributed by atoms with Gasteiger partial charge in [-0.15, -0.1) is 0 Å². The van der Waals surface area contributed by atoms with Crippen molar-refractivity contribution in [2.24, 2.45) is 0 Å². The molecule has 1 aromatic rings. The van der Waals surface area contributed by atoms with Gasteiger partial charge in [-0.3, -0.25) is 4.79 Å². The molecule has 6 nitrogen and oxygen atoms in total. The van der Waals surface area contributed by atoms with E-state index in [-0.39, 0.29) is 12.3 Å². The van der Waals surface area contributed by atoms with Crippen molar-refractivity contribution in [2.45, 2.75) is 25.7 Å². The maximum absolute atomic E-state index is 11.5. The van der Waals surface area contributed by atoms with Gasteiger partial charge in [-0.05, 0) is 25.5 Å². The Morgan fingerprint density at radius 2 is 2.30 bits per heavy atom. The van der Waals surface area contributed by atoms with Crippen LogP contribution in [-0.2, 0) is 4.79 Å². The van der Waals surface area contributed by atoms with E-state index in [0.29, 0.717) is 25.3 Å². The molecule has 1 aliphatic heterocycles. The van der Waals surface area contributed by atoms with Crippen LogP contribution in [-0.4, -0.2) is 30.3 Å². The summed E-state index contributed by atoms with van der Waals surface area (Å²) in [5.41, 5.74) is 1.79. The molecule has 1 heterocycles. The number of carboxylic acids is 1. The normalized spacial score (nSPS) is 16.1. The Balaban J connectivity index is 2.16. The highest BCUT2D eigenvalue weighted by Crippen LogP contribution is 2.40. The molecule has 0 radical (unpaired) electrons. The van der Waals surface area contributed by atoms with E-state index < -0.39 is 12.1 Å². The molecule has 0 bridgehead atoms. The van der Waals surface area contributed by atoms with E-state index >= 15 is 0 Å². The summed E-state index contributed by atoms with van der Waals surface area (Å²) in [6.07, 6.45) is 0.122. The second kappa shape index (κ2) is 6.27. The van der Waals surface area contributed by atoms with E-state index in [1.165, 1.54) is 0 Å². The molecule has 20 heavy (non-hydrogen) atoms. The number of nitrogens with one attached hydrogen (secondary N) is 2. The van der Waals surface area contributed by atoms with Crippen LogP contribution in [0.25, 0.3) is 0 Å². The van der Waals surface area contributed by atoms with Crippen molar-refractivity contribution < 1.29 is 19.4 Å². The second-order valence-corrected chi connectivity index (χ2v) is 4.65. The van der Waals surface area contributed by atoms with Gasteiger partial charge in [-0.1, -0.05) is 6.07 Å². The van der Waals surface area contributed by atoms with Crippen LogP contribution in [0, 0.1) is 0 Å². The number of amides is 1. The number of rotatable bonds is 5. The first-order chi connectivity index (χ1) is 9.61. The van der Waals surface area contributed by atoms with Crippen LogP contribution < -0.4 is 15.4 Å². The topological polar surface area (TPSA) is 87.7 Å². The molecule has 6 heteroatoms. The molecule has 1 atom stereocenters. The lowest BCUT2D eigenvalue weighted by molar-refractivity contribution is -0.137. The molecule has 1 aliphatic rings. The third kappa shape index (κ3) is 3.20. The third-order valence-electron chi connectivity index (χ3n) is 3.24. The maximum atomic E-state index is 11.5. The molecular formula is C14H18N2O4. The van der Waals surface area contributed by atoms with Crippen LogP contribution in [0.3, 0.4) is 0 Å². The predicted molar refractivity (Wildman–Crippen MR) is 74.2 cm³/mol. The molecule has 2 rings (SSSR count). The lowest BCUT2D eigenvalue weighted by atomic mass is 9.95. The van der Waals surface area contributed by atoms with Crippen LogP contribution in [0.5, 0.6) is 5.75 Å². The third-order valence-corrected chi connectivity index (χ3v) is 3.24. The van der Waals surface area contributed by atoms with Crippen molar-refractivity contribution in [3.05, 3.63) is 23.8 Å². The van der Waals surface area contributed by atoms with Crippen LogP contribution in [0.1, 0.15) is 31.2 Å². The Morgan fingerprint density at radius 3 is 3.00 bits per heavy atom. The minimum absolute atomic E-state index is 0.0479. The summed E-state index contributed by atoms with van der Waals surface area (Å²) >= 11 is 0. The number of carbonyl (C=O) groups is 2. The molecule has 3 N–H and O–H groups in total. The Labute approximate surface area is 117 Å². The number of hydrogen-bond donors (Lipinski definition) is 3. The van der Waals surface area contributed by atoms with Crippen molar-refractivity contribution in [3.8, 4) is 5.75 Å². The monoisotopic (exact) mass is 278 g/mol. The van der Waals surface area contributed by atoms with E-state index in [0.717, 1.165) is 11.3 Å². The van der Waals surface area contributed by atoms with Crippen molar-refractivity contribution in [2.75, 3.05) is 18.4 Å². The number of ether oxygens (including phenoxy) is 1. The van der Waals surface area contributed by atoms with Gasteiger partial charge in [0, 0.05) is 36.7 Å². The van der Waals surface area contributed by atoms with Gasteiger partial charge >= 0.3 is 12.1 Å². The largest absolute Gasteiger partial charge is 0.481 e. The predicted octanol–water partition coefficient (Wildman–Crippen LogP) is 2.17. The van der Waals surface area contributed by atoms with Gasteiger partial charge in [0.05, 0.1) is 0 Å². The fourth-order valence-corrected chi connectivity index (χ4v) is 2.37. The Hall–Kier alpha value is -2.24. The fraction of sp³-hybridized carbons (Fsp3) is 0.429. The van der Waals surface area contributed by atoms with Crippen molar-refractivity contribution >= 4 is 17.7 Å². The molecule has 1 amide bonds. The van der Waals surface area contributed by atoms with Gasteiger partial charge in [0.2, 0.25) is 0 Å². The minimum atomic E-state index is -0.819. The van der Waals surface area contributed by atoms with Crippen molar-refractivity contribution in [1.82, 2.24) is 5.32 Å². The summed E-state index contributed by atoms with van der Waals surface area (Å²) in [6.45, 7) is 2.97. The van der Waals surface area contributed by atoms with Gasteiger partial charge in [0.1, 0.15) is 5.75 Å². The SMILES string of the molecule is CCNC(=O)Oc1cccc2c1C(CCC(=O)O)CN2. The molecule has 108 valence electrons. The molecule has 1 unspecified atom stereocenters. The first kappa shape index (κ1) is 14.2. The molecule has 0 fully saturated rings. The van der Waals surface area contributed by atoms with E-state index in [1.807, 2.05) is 13.0 Å². The zero-order valence-corrected chi connectivity index (χ0v) is 11.3. The van der Waals surface area contributed by atoms with Gasteiger partial charge in [-0.2, -0.15) is 0 Å². The van der Waals surface area contributed by atoms with Gasteiger partial charge in [0.25, 0.3) is 0 Å². The van der Waals surface area contributed by atoms with Crippen molar-refractivity contribution in [3.63, 3.8) is 0 Å². The molecule has 0 saturated heterocycles. The van der Waals surface area contributed by atoms with Crippen LogP contribution in [0.4, 0.5) is 10.5 Å². The van der Waals surface area contributed by atoms with E-state index in [1.54, 1.807) is 12.1 Å². The quantitative estimate of drug-likeness (QED) is 0.768. The number of carboxylic acid groups (broad SMARTS) is 1. The summed E-state index contributed by atoms with van der Waals surface area (Å²) < 4.78 is 5.30. The van der Waals surface area contributed by atoms with E-state index in [4.69, 9.17) is 9.84 Å². The minimum Gasteiger partial charge on any atom is -0.481 e. The Kier molecular flexibility index (Phi) is 4.45. The molecule has 0 aromatic heterocycles. The molecule has 0 aliphatic carbocycles. The lowest BCUT2D eigenvalue weighted by Gasteiger charge is -2.13.